The van der Waals surface area contributed by atoms with Gasteiger partial charge in [-0.2, -0.15) is 13.8 Å². The fraction of sp³-hybridized carbons (Fsp3) is 0.190. The molecule has 0 bridgehead atoms. The first-order chi connectivity index (χ1) is 16.1. The van der Waals surface area contributed by atoms with Crippen molar-refractivity contribution in [1.82, 2.24) is 9.97 Å². The lowest BCUT2D eigenvalue weighted by atomic mass is 10.1. The number of nitrogens with one attached hydrogen (secondary N) is 3. The highest BCUT2D eigenvalue weighted by molar-refractivity contribution is 7.92. The molecule has 0 radical (unpaired) electrons. The van der Waals surface area contributed by atoms with Gasteiger partial charge in [0.25, 0.3) is 0 Å². The van der Waals surface area contributed by atoms with Crippen LogP contribution in [0.2, 0.25) is 0 Å². The fourth-order valence-corrected chi connectivity index (χ4v) is 4.04. The third-order valence-electron chi connectivity index (χ3n) is 4.85. The van der Waals surface area contributed by atoms with Crippen molar-refractivity contribution >= 4 is 44.8 Å². The predicted molar refractivity (Wildman–Crippen MR) is 121 cm³/mol. The maximum Gasteiger partial charge on any atom is 0.316 e. The highest BCUT2D eigenvalue weighted by Gasteiger charge is 2.25. The number of hydrogen-bond donors (Lipinski definition) is 3. The molecule has 2 aromatic carbocycles. The van der Waals surface area contributed by atoms with Gasteiger partial charge in [0.1, 0.15) is 0 Å². The van der Waals surface area contributed by atoms with Crippen molar-refractivity contribution in [1.29, 1.82) is 0 Å². The molecule has 2 heterocycles. The standard InChI is InChI=1S/C21H19F3N6O3S/c1-34(32,33)29-13-5-2-4-12(8-13)11-30(20(23)24)19-15(22)10-25-21(28-19)27-17-7-3-6-16-14(17)9-18(31)26-16/h2-8,10,20,29H,9,11H2,1H3,(H,26,31)(H,25,27,28). The van der Waals surface area contributed by atoms with E-state index in [1.807, 2.05) is 0 Å². The van der Waals surface area contributed by atoms with E-state index < -0.39 is 34.8 Å². The molecule has 3 N–H and O–H groups in total. The van der Waals surface area contributed by atoms with Crippen molar-refractivity contribution in [3.63, 3.8) is 0 Å². The Labute approximate surface area is 193 Å². The summed E-state index contributed by atoms with van der Waals surface area (Å²) in [5.41, 5.74) is 2.22. The van der Waals surface area contributed by atoms with E-state index in [0.717, 1.165) is 12.5 Å². The van der Waals surface area contributed by atoms with Crippen LogP contribution in [-0.4, -0.2) is 37.1 Å². The smallest absolute Gasteiger partial charge is 0.316 e. The summed E-state index contributed by atoms with van der Waals surface area (Å²) >= 11 is 0. The number of carbonyl (C=O) groups excluding carboxylic acids is 1. The molecule has 1 aliphatic heterocycles. The minimum absolute atomic E-state index is 0.119. The molecule has 3 aromatic rings. The lowest BCUT2D eigenvalue weighted by Gasteiger charge is -2.24. The number of nitrogens with zero attached hydrogens (tertiary/aromatic N) is 3. The Kier molecular flexibility index (Phi) is 6.28. The maximum absolute atomic E-state index is 14.5. The number of carbonyl (C=O) groups is 1. The summed E-state index contributed by atoms with van der Waals surface area (Å²) in [6.07, 6.45) is 1.85. The van der Waals surface area contributed by atoms with E-state index in [1.165, 1.54) is 24.3 Å². The Hall–Kier alpha value is -3.87. The number of benzene rings is 2. The molecule has 0 aliphatic carbocycles. The molecular weight excluding hydrogens is 473 g/mol. The van der Waals surface area contributed by atoms with Gasteiger partial charge in [-0.1, -0.05) is 18.2 Å². The molecule has 4 rings (SSSR count). The van der Waals surface area contributed by atoms with Crippen molar-refractivity contribution in [2.75, 3.05) is 26.5 Å². The summed E-state index contributed by atoms with van der Waals surface area (Å²) in [5.74, 6) is -2.04. The number of hydrogen-bond acceptors (Lipinski definition) is 7. The van der Waals surface area contributed by atoms with Gasteiger partial charge >= 0.3 is 6.55 Å². The van der Waals surface area contributed by atoms with Crippen LogP contribution >= 0.6 is 0 Å². The van der Waals surface area contributed by atoms with Crippen LogP contribution in [-0.2, 0) is 27.8 Å². The van der Waals surface area contributed by atoms with Gasteiger partial charge in [0.15, 0.2) is 11.6 Å². The van der Waals surface area contributed by atoms with Crippen LogP contribution in [0, 0.1) is 5.82 Å². The molecule has 0 saturated heterocycles. The van der Waals surface area contributed by atoms with Crippen LogP contribution in [0.25, 0.3) is 0 Å². The zero-order valence-electron chi connectivity index (χ0n) is 17.7. The quantitative estimate of drug-likeness (QED) is 0.413. The third-order valence-corrected chi connectivity index (χ3v) is 5.46. The largest absolute Gasteiger partial charge is 0.325 e. The normalized spacial score (nSPS) is 12.9. The highest BCUT2D eigenvalue weighted by atomic mass is 32.2. The number of anilines is 5. The summed E-state index contributed by atoms with van der Waals surface area (Å²) in [6, 6.07) is 10.9. The van der Waals surface area contributed by atoms with Gasteiger partial charge in [-0.3, -0.25) is 14.4 Å². The zero-order chi connectivity index (χ0) is 24.5. The van der Waals surface area contributed by atoms with E-state index in [9.17, 15) is 26.4 Å². The monoisotopic (exact) mass is 492 g/mol. The molecule has 13 heteroatoms. The Morgan fingerprint density at radius 2 is 1.97 bits per heavy atom. The Bertz CT molecular complexity index is 1350. The molecule has 1 aromatic heterocycles. The van der Waals surface area contributed by atoms with Crippen molar-refractivity contribution in [3.05, 3.63) is 65.6 Å². The van der Waals surface area contributed by atoms with Gasteiger partial charge in [0.2, 0.25) is 21.9 Å². The summed E-state index contributed by atoms with van der Waals surface area (Å²) in [6.45, 7) is -3.57. The van der Waals surface area contributed by atoms with Crippen LogP contribution in [0.15, 0.2) is 48.7 Å². The predicted octanol–water partition coefficient (Wildman–Crippen LogP) is 3.45. The topological polar surface area (TPSA) is 116 Å². The van der Waals surface area contributed by atoms with Gasteiger partial charge < -0.3 is 10.6 Å². The third kappa shape index (κ3) is 5.36. The van der Waals surface area contributed by atoms with Crippen LogP contribution in [0.5, 0.6) is 0 Å². The molecule has 0 fully saturated rings. The number of sulfonamides is 1. The fourth-order valence-electron chi connectivity index (χ4n) is 3.49. The molecule has 1 aliphatic rings. The first kappa shape index (κ1) is 23.3. The second kappa shape index (κ2) is 9.17. The molecule has 0 saturated carbocycles. The Balaban J connectivity index is 1.61. The van der Waals surface area contributed by atoms with Crippen molar-refractivity contribution < 1.29 is 26.4 Å². The second-order valence-corrected chi connectivity index (χ2v) is 9.28. The Morgan fingerprint density at radius 1 is 1.21 bits per heavy atom. The van der Waals surface area contributed by atoms with Gasteiger partial charge in [0.05, 0.1) is 18.9 Å². The average molecular weight is 492 g/mol. The lowest BCUT2D eigenvalue weighted by Crippen LogP contribution is -2.30. The SMILES string of the molecule is CS(=O)(=O)Nc1cccc(CN(c2nc(Nc3cccc4c3CC(=O)N4)ncc2F)C(F)F)c1. The van der Waals surface area contributed by atoms with Crippen LogP contribution in [0.1, 0.15) is 11.1 Å². The van der Waals surface area contributed by atoms with Gasteiger partial charge in [-0.15, -0.1) is 0 Å². The first-order valence-corrected chi connectivity index (χ1v) is 11.8. The molecule has 9 nitrogen and oxygen atoms in total. The van der Waals surface area contributed by atoms with Crippen LogP contribution in [0.4, 0.5) is 42.0 Å². The Morgan fingerprint density at radius 3 is 2.71 bits per heavy atom. The molecule has 0 spiro atoms. The number of aromatic nitrogens is 2. The molecule has 1 amide bonds. The summed E-state index contributed by atoms with van der Waals surface area (Å²) in [5, 5.41) is 5.55. The van der Waals surface area contributed by atoms with Crippen LogP contribution in [0.3, 0.4) is 0 Å². The van der Waals surface area contributed by atoms with E-state index in [-0.39, 0.29) is 24.0 Å². The van der Waals surface area contributed by atoms with E-state index in [1.54, 1.807) is 18.2 Å². The first-order valence-electron chi connectivity index (χ1n) is 9.92. The van der Waals surface area contributed by atoms with Crippen molar-refractivity contribution in [2.24, 2.45) is 0 Å². The summed E-state index contributed by atoms with van der Waals surface area (Å²) in [7, 11) is -3.57. The van der Waals surface area contributed by atoms with Gasteiger partial charge in [-0.25, -0.2) is 17.8 Å². The highest BCUT2D eigenvalue weighted by Crippen LogP contribution is 2.32. The van der Waals surface area contributed by atoms with E-state index in [4.69, 9.17) is 0 Å². The number of rotatable bonds is 8. The number of halogens is 3. The van der Waals surface area contributed by atoms with E-state index >= 15 is 0 Å². The number of alkyl halides is 2. The minimum Gasteiger partial charge on any atom is -0.325 e. The molecule has 34 heavy (non-hydrogen) atoms. The van der Waals surface area contributed by atoms with Gasteiger partial charge in [0, 0.05) is 29.2 Å². The molecule has 0 unspecified atom stereocenters. The molecular formula is C21H19F3N6O3S. The number of amides is 1. The maximum atomic E-state index is 14.5. The summed E-state index contributed by atoms with van der Waals surface area (Å²) < 4.78 is 67.5. The van der Waals surface area contributed by atoms with E-state index in [0.29, 0.717) is 27.4 Å². The summed E-state index contributed by atoms with van der Waals surface area (Å²) in [4.78, 5) is 19.9. The number of fused-ring (bicyclic) bond motifs is 1. The average Bonchev–Trinajstić information content (AvgIpc) is 3.14. The minimum atomic E-state index is -3.57. The van der Waals surface area contributed by atoms with Crippen molar-refractivity contribution in [3.8, 4) is 0 Å². The van der Waals surface area contributed by atoms with Gasteiger partial charge in [-0.05, 0) is 29.8 Å². The lowest BCUT2D eigenvalue weighted by molar-refractivity contribution is -0.115. The van der Waals surface area contributed by atoms with E-state index in [2.05, 4.69) is 25.3 Å². The second-order valence-electron chi connectivity index (χ2n) is 7.53. The molecule has 178 valence electrons. The molecule has 0 atom stereocenters. The van der Waals surface area contributed by atoms with Crippen LogP contribution < -0.4 is 20.3 Å². The zero-order valence-corrected chi connectivity index (χ0v) is 18.5. The van der Waals surface area contributed by atoms with Crippen molar-refractivity contribution in [2.45, 2.75) is 19.5 Å².